The summed E-state index contributed by atoms with van der Waals surface area (Å²) in [6.45, 7) is 2.69. The van der Waals surface area contributed by atoms with Crippen molar-refractivity contribution in [1.82, 2.24) is 0 Å². The van der Waals surface area contributed by atoms with E-state index in [4.69, 9.17) is 1.37 Å². The molecule has 0 bridgehead atoms. The summed E-state index contributed by atoms with van der Waals surface area (Å²) < 4.78 is 6.60. The van der Waals surface area contributed by atoms with Crippen molar-refractivity contribution in [2.45, 2.75) is 26.7 Å². The highest BCUT2D eigenvalue weighted by atomic mass is 13.6. The van der Waals surface area contributed by atoms with E-state index in [-0.39, 0.29) is 1.43 Å². The molecule has 0 fully saturated rings. The first-order valence-corrected chi connectivity index (χ1v) is 1.71. The fourth-order valence-electron chi connectivity index (χ4n) is 0. The van der Waals surface area contributed by atoms with Gasteiger partial charge in [0, 0.05) is 2.80 Å². The predicted molar refractivity (Wildman–Crippen MR) is 22.7 cm³/mol. The molecule has 0 aromatic rings. The van der Waals surface area contributed by atoms with Crippen molar-refractivity contribution in [3.05, 3.63) is 0 Å². The van der Waals surface area contributed by atoms with Crippen molar-refractivity contribution in [1.29, 1.82) is 0 Å². The molecule has 0 radical (unpaired) electrons. The minimum Gasteiger partial charge on any atom is -0.0654 e. The van der Waals surface area contributed by atoms with E-state index in [2.05, 4.69) is 6.92 Å². The molecule has 0 heteroatoms. The second-order valence-corrected chi connectivity index (χ2v) is 0.854. The van der Waals surface area contributed by atoms with Crippen LogP contribution in [0.15, 0.2) is 0 Å². The summed E-state index contributed by atoms with van der Waals surface area (Å²) >= 11 is 0. The third kappa shape index (κ3) is 2.00. The highest BCUT2D eigenvalue weighted by molar-refractivity contribution is 4.12. The molecule has 0 aliphatic rings. The minimum atomic E-state index is 0. The highest BCUT2D eigenvalue weighted by Crippen LogP contribution is 1.76. The molecule has 4 heavy (non-hydrogen) atoms. The van der Waals surface area contributed by atoms with Crippen LogP contribution in [0, 0.1) is 0 Å². The van der Waals surface area contributed by atoms with Crippen LogP contribution >= 0.6 is 0 Å². The Labute approximate surface area is 30.7 Å². The molecule has 28 valence electrons. The Morgan fingerprint density at radius 3 is 2.75 bits per heavy atom. The Morgan fingerprint density at radius 1 is 2.00 bits per heavy atom. The average Bonchev–Trinajstić information content (AvgIpc) is 1.41. The van der Waals surface area contributed by atoms with Crippen molar-refractivity contribution < 1.29 is 2.80 Å². The molecule has 0 atom stereocenters. The van der Waals surface area contributed by atoms with E-state index in [1.807, 2.05) is 0 Å². The Morgan fingerprint density at radius 2 is 2.75 bits per heavy atom. The molecule has 0 rings (SSSR count). The van der Waals surface area contributed by atoms with E-state index >= 15 is 0 Å². The fourth-order valence-corrected chi connectivity index (χ4v) is 0. The van der Waals surface area contributed by atoms with Gasteiger partial charge < -0.3 is 0 Å². The summed E-state index contributed by atoms with van der Waals surface area (Å²) in [5.74, 6) is 0. The molecule has 0 saturated heterocycles. The smallest absolute Gasteiger partial charge is 0.0230 e. The van der Waals surface area contributed by atoms with Gasteiger partial charge in [0.1, 0.15) is 0 Å². The minimum absolute atomic E-state index is 0. The first-order valence-electron chi connectivity index (χ1n) is 2.41. The molecule has 0 aromatic heterocycles. The van der Waals surface area contributed by atoms with E-state index in [0.717, 1.165) is 12.8 Å². The lowest BCUT2D eigenvalue weighted by Crippen LogP contribution is -1.47. The van der Waals surface area contributed by atoms with Gasteiger partial charge in [0.05, 0.1) is 0 Å². The zero-order valence-corrected chi connectivity index (χ0v) is 3.12. The van der Waals surface area contributed by atoms with Crippen LogP contribution in [0.4, 0.5) is 0 Å². The van der Waals surface area contributed by atoms with Gasteiger partial charge in [-0.2, -0.15) is 0 Å². The van der Waals surface area contributed by atoms with E-state index in [0.29, 0.717) is 6.90 Å². The van der Waals surface area contributed by atoms with Crippen LogP contribution in [0.3, 0.4) is 0 Å². The van der Waals surface area contributed by atoms with Crippen LogP contribution < -0.4 is 0 Å². The number of hydrogen-bond donors (Lipinski definition) is 0. The van der Waals surface area contributed by atoms with Gasteiger partial charge in [-0.25, -0.2) is 0 Å². The SMILES string of the molecule is [3HH].[3H]CCCC. The molecular weight excluding hydrogens is 48.0 g/mol. The molecule has 0 saturated carbocycles. The second-order valence-electron chi connectivity index (χ2n) is 0.854. The molecule has 0 N–H and O–H groups in total. The number of rotatable bonds is 1. The van der Waals surface area contributed by atoms with Gasteiger partial charge in [0.2, 0.25) is 0 Å². The zero-order valence-electron chi connectivity index (χ0n) is 4.12. The molecule has 0 aliphatic heterocycles. The van der Waals surface area contributed by atoms with Crippen LogP contribution in [-0.4, -0.2) is 0 Å². The first kappa shape index (κ1) is 2.25. The maximum Gasteiger partial charge on any atom is 0.0230 e. The largest absolute Gasteiger partial charge is 0.0654 e. The summed E-state index contributed by atoms with van der Waals surface area (Å²) in [6.07, 6.45) is 2.21. The van der Waals surface area contributed by atoms with Gasteiger partial charge >= 0.3 is 0 Å². The van der Waals surface area contributed by atoms with Crippen molar-refractivity contribution in [3.8, 4) is 0 Å². The van der Waals surface area contributed by atoms with Crippen LogP contribution in [0.2, 0.25) is 0 Å². The van der Waals surface area contributed by atoms with Crippen LogP contribution in [-0.2, 0) is 0 Å². The second kappa shape index (κ2) is 3.00. The lowest BCUT2D eigenvalue weighted by Gasteiger charge is -1.68. The summed E-state index contributed by atoms with van der Waals surface area (Å²) in [5.41, 5.74) is 0. The van der Waals surface area contributed by atoms with Gasteiger partial charge in [0.25, 0.3) is 0 Å². The lowest BCUT2D eigenvalue weighted by molar-refractivity contribution is 0.886. The third-order valence-electron chi connectivity index (χ3n) is 0.354. The molecule has 0 amide bonds. The molecule has 0 aromatic carbocycles. The Balaban J connectivity index is 0. The highest BCUT2D eigenvalue weighted by Gasteiger charge is 1.56. The van der Waals surface area contributed by atoms with Gasteiger partial charge in [-0.3, -0.25) is 0 Å². The maximum atomic E-state index is 6.60. The van der Waals surface area contributed by atoms with Crippen molar-refractivity contribution in [2.75, 3.05) is 0 Å². The molecule has 0 nitrogen and oxygen atoms in total. The molecule has 0 unspecified atom stereocenters. The fraction of sp³-hybridized carbons (Fsp3) is 1.00. The van der Waals surface area contributed by atoms with E-state index in [9.17, 15) is 0 Å². The Kier molecular flexibility index (Phi) is 1.69. The summed E-state index contributed by atoms with van der Waals surface area (Å²) in [4.78, 5) is 0. The standard InChI is InChI=1S/C4H10.H2/c1-3-4-2;/h3-4H2,1-2H3;1H/i1T;1+2. The predicted octanol–water partition coefficient (Wildman–Crippen LogP) is 2.05. The van der Waals surface area contributed by atoms with Crippen molar-refractivity contribution in [2.24, 2.45) is 0 Å². The zero-order chi connectivity index (χ0) is 4.12. The molecular formula is C4H12. The molecule has 0 spiro atoms. The van der Waals surface area contributed by atoms with Crippen molar-refractivity contribution in [3.63, 3.8) is 0 Å². The maximum absolute atomic E-state index is 6.60. The van der Waals surface area contributed by atoms with Gasteiger partial charge in [-0.15, -0.1) is 0 Å². The average molecular weight is 64.2 g/mol. The monoisotopic (exact) mass is 64.1 g/mol. The van der Waals surface area contributed by atoms with Gasteiger partial charge in [0.15, 0.2) is 0 Å². The van der Waals surface area contributed by atoms with E-state index in [1.54, 1.807) is 0 Å². The van der Waals surface area contributed by atoms with Crippen LogP contribution in [0.1, 0.15) is 29.5 Å². The molecule has 0 heterocycles. The summed E-state index contributed by atoms with van der Waals surface area (Å²) in [5, 5.41) is 0. The van der Waals surface area contributed by atoms with Gasteiger partial charge in [-0.05, 0) is 0 Å². The lowest BCUT2D eigenvalue weighted by atomic mass is 10.4. The quantitative estimate of drug-likeness (QED) is 0.437. The van der Waals surface area contributed by atoms with Crippen LogP contribution in [0.25, 0.3) is 0 Å². The first-order chi connectivity index (χ1) is 2.41. The Hall–Kier alpha value is 0. The van der Waals surface area contributed by atoms with Crippen LogP contribution in [0.5, 0.6) is 0 Å². The van der Waals surface area contributed by atoms with Gasteiger partial charge in [-0.1, -0.05) is 26.7 Å². The molecule has 0 aliphatic carbocycles. The normalized spacial score (nSPS) is 10.8. The summed E-state index contributed by atoms with van der Waals surface area (Å²) in [6, 6.07) is 0. The van der Waals surface area contributed by atoms with Crippen molar-refractivity contribution >= 4 is 0 Å². The number of unbranched alkanes of at least 4 members (excludes halogenated alkanes) is 1. The summed E-state index contributed by atoms with van der Waals surface area (Å²) in [7, 11) is 0. The number of hydrogen-bond acceptors (Lipinski definition) is 0. The third-order valence-corrected chi connectivity index (χ3v) is 0.354. The Bertz CT molecular complexity index is 13.0. The topological polar surface area (TPSA) is 0 Å². The van der Waals surface area contributed by atoms with E-state index < -0.39 is 0 Å². The van der Waals surface area contributed by atoms with E-state index in [1.165, 1.54) is 0 Å².